The Labute approximate surface area is 107 Å². The number of hydrogen-bond donors (Lipinski definition) is 1. The van der Waals surface area contributed by atoms with E-state index in [-0.39, 0.29) is 29.2 Å². The Balaban J connectivity index is 4.46. The summed E-state index contributed by atoms with van der Waals surface area (Å²) >= 11 is 4.89. The van der Waals surface area contributed by atoms with E-state index in [4.69, 9.17) is 18.0 Å². The largest absolute Gasteiger partial charge is 0.469 e. The average Bonchev–Trinajstić information content (AvgIpc) is 2.23. The van der Waals surface area contributed by atoms with Crippen molar-refractivity contribution in [3.8, 4) is 0 Å². The minimum Gasteiger partial charge on any atom is -0.469 e. The number of methoxy groups -OCH3 is 1. The van der Waals surface area contributed by atoms with Crippen molar-refractivity contribution >= 4 is 29.1 Å². The van der Waals surface area contributed by atoms with Gasteiger partial charge in [-0.05, 0) is 5.92 Å². The van der Waals surface area contributed by atoms with Gasteiger partial charge in [0.2, 0.25) is 5.91 Å². The predicted molar refractivity (Wildman–Crippen MR) is 69.4 cm³/mol. The van der Waals surface area contributed by atoms with Crippen molar-refractivity contribution in [2.45, 2.75) is 20.3 Å². The summed E-state index contributed by atoms with van der Waals surface area (Å²) < 4.78 is 4.51. The number of thiocarbonyl (C=S) groups is 1. The first-order valence-corrected chi connectivity index (χ1v) is 5.83. The molecule has 1 unspecified atom stereocenters. The van der Waals surface area contributed by atoms with Gasteiger partial charge in [-0.2, -0.15) is 0 Å². The van der Waals surface area contributed by atoms with Gasteiger partial charge in [0.15, 0.2) is 0 Å². The second-order valence-corrected chi connectivity index (χ2v) is 4.68. The van der Waals surface area contributed by atoms with E-state index in [0.717, 1.165) is 0 Å². The molecule has 98 valence electrons. The third kappa shape index (κ3) is 5.12. The van der Waals surface area contributed by atoms with E-state index >= 15 is 0 Å². The quantitative estimate of drug-likeness (QED) is 0.558. The first-order chi connectivity index (χ1) is 7.81. The van der Waals surface area contributed by atoms with Gasteiger partial charge >= 0.3 is 5.97 Å². The number of nitrogens with two attached hydrogens (primary N) is 1. The number of esters is 1. The molecule has 0 rings (SSSR count). The van der Waals surface area contributed by atoms with Gasteiger partial charge in [0, 0.05) is 13.6 Å². The van der Waals surface area contributed by atoms with Crippen LogP contribution >= 0.6 is 12.2 Å². The molecule has 2 N–H and O–H groups in total. The topological polar surface area (TPSA) is 72.6 Å². The molecule has 0 radical (unpaired) electrons. The van der Waals surface area contributed by atoms with Crippen LogP contribution in [0.3, 0.4) is 0 Å². The molecule has 0 aliphatic heterocycles. The second kappa shape index (κ2) is 7.21. The Kier molecular flexibility index (Phi) is 6.72. The van der Waals surface area contributed by atoms with Crippen molar-refractivity contribution < 1.29 is 14.3 Å². The van der Waals surface area contributed by atoms with Crippen LogP contribution in [0.1, 0.15) is 20.3 Å². The Bertz CT molecular complexity index is 305. The molecule has 1 amide bonds. The summed E-state index contributed by atoms with van der Waals surface area (Å²) in [6, 6.07) is 0. The lowest BCUT2D eigenvalue weighted by Crippen LogP contribution is -2.42. The monoisotopic (exact) mass is 260 g/mol. The fraction of sp³-hybridized carbons (Fsp3) is 0.727. The van der Waals surface area contributed by atoms with Crippen LogP contribution in [0.25, 0.3) is 0 Å². The van der Waals surface area contributed by atoms with Crippen molar-refractivity contribution in [1.82, 2.24) is 4.90 Å². The zero-order chi connectivity index (χ0) is 13.6. The number of ether oxygens (including phenoxy) is 1. The highest BCUT2D eigenvalue weighted by molar-refractivity contribution is 7.80. The van der Waals surface area contributed by atoms with Gasteiger partial charge in [0.25, 0.3) is 0 Å². The molecule has 0 heterocycles. The van der Waals surface area contributed by atoms with E-state index in [1.807, 2.05) is 13.8 Å². The lowest BCUT2D eigenvalue weighted by Gasteiger charge is -2.25. The molecular weight excluding hydrogens is 240 g/mol. The number of carbonyl (C=O) groups is 2. The van der Waals surface area contributed by atoms with Crippen LogP contribution < -0.4 is 5.73 Å². The van der Waals surface area contributed by atoms with Crippen molar-refractivity contribution in [3.05, 3.63) is 0 Å². The van der Waals surface area contributed by atoms with Gasteiger partial charge < -0.3 is 15.4 Å². The highest BCUT2D eigenvalue weighted by atomic mass is 32.1. The molecular formula is C11H20N2O3S. The third-order valence-electron chi connectivity index (χ3n) is 2.49. The van der Waals surface area contributed by atoms with Crippen LogP contribution in [0.2, 0.25) is 0 Å². The molecule has 0 aromatic heterocycles. The maximum absolute atomic E-state index is 12.0. The van der Waals surface area contributed by atoms with E-state index < -0.39 is 5.92 Å². The molecule has 0 spiro atoms. The van der Waals surface area contributed by atoms with Crippen LogP contribution in [0.5, 0.6) is 0 Å². The van der Waals surface area contributed by atoms with Gasteiger partial charge in [0.05, 0.1) is 24.4 Å². The first-order valence-electron chi connectivity index (χ1n) is 5.42. The number of nitrogens with zero attached hydrogens (tertiary/aromatic N) is 1. The molecule has 0 aliphatic carbocycles. The minimum atomic E-state index is -0.479. The summed E-state index contributed by atoms with van der Waals surface area (Å²) in [6.45, 7) is 4.07. The Hall–Kier alpha value is -1.17. The molecule has 17 heavy (non-hydrogen) atoms. The number of carbonyl (C=O) groups excluding carboxylic acids is 2. The summed E-state index contributed by atoms with van der Waals surface area (Å²) in [5.41, 5.74) is 5.55. The van der Waals surface area contributed by atoms with Gasteiger partial charge in [-0.1, -0.05) is 26.1 Å². The van der Waals surface area contributed by atoms with Crippen molar-refractivity contribution in [2.24, 2.45) is 17.6 Å². The van der Waals surface area contributed by atoms with E-state index in [1.165, 1.54) is 12.0 Å². The lowest BCUT2D eigenvalue weighted by molar-refractivity contribution is -0.141. The van der Waals surface area contributed by atoms with Crippen molar-refractivity contribution in [3.63, 3.8) is 0 Å². The van der Waals surface area contributed by atoms with Crippen LogP contribution in [-0.2, 0) is 14.3 Å². The van der Waals surface area contributed by atoms with Gasteiger partial charge in [-0.25, -0.2) is 0 Å². The van der Waals surface area contributed by atoms with E-state index in [2.05, 4.69) is 4.74 Å². The third-order valence-corrected chi connectivity index (χ3v) is 2.75. The number of rotatable bonds is 6. The predicted octanol–water partition coefficient (Wildman–Crippen LogP) is 0.566. The molecule has 0 saturated carbocycles. The smallest absolute Gasteiger partial charge is 0.307 e. The SMILES string of the molecule is COC(=O)CCN(C)C(=O)C(C(N)=S)C(C)C. The van der Waals surface area contributed by atoms with E-state index in [1.54, 1.807) is 7.05 Å². The summed E-state index contributed by atoms with van der Waals surface area (Å²) in [6.07, 6.45) is 0.168. The molecule has 0 aromatic carbocycles. The van der Waals surface area contributed by atoms with Gasteiger partial charge in [-0.3, -0.25) is 9.59 Å². The first kappa shape index (κ1) is 15.8. The van der Waals surface area contributed by atoms with Gasteiger partial charge in [-0.15, -0.1) is 0 Å². The second-order valence-electron chi connectivity index (χ2n) is 4.21. The molecule has 0 saturated heterocycles. The Morgan fingerprint density at radius 1 is 1.41 bits per heavy atom. The highest BCUT2D eigenvalue weighted by Crippen LogP contribution is 2.14. The lowest BCUT2D eigenvalue weighted by atomic mass is 9.94. The average molecular weight is 260 g/mol. The number of hydrogen-bond acceptors (Lipinski definition) is 4. The summed E-state index contributed by atoms with van der Waals surface area (Å²) in [7, 11) is 2.94. The Morgan fingerprint density at radius 2 is 1.94 bits per heavy atom. The van der Waals surface area contributed by atoms with Crippen LogP contribution in [0.15, 0.2) is 0 Å². The standard InChI is InChI=1S/C11H20N2O3S/c1-7(2)9(10(12)17)11(15)13(3)6-5-8(14)16-4/h7,9H,5-6H2,1-4H3,(H2,12,17). The minimum absolute atomic E-state index is 0.0422. The fourth-order valence-electron chi connectivity index (χ4n) is 1.44. The molecule has 0 bridgehead atoms. The zero-order valence-corrected chi connectivity index (χ0v) is 11.5. The van der Waals surface area contributed by atoms with E-state index in [0.29, 0.717) is 6.54 Å². The normalized spacial score (nSPS) is 12.1. The van der Waals surface area contributed by atoms with Crippen LogP contribution in [0, 0.1) is 11.8 Å². The molecule has 5 nitrogen and oxygen atoms in total. The summed E-state index contributed by atoms with van der Waals surface area (Å²) in [5, 5.41) is 0. The maximum atomic E-state index is 12.0. The van der Waals surface area contributed by atoms with Crippen LogP contribution in [-0.4, -0.2) is 42.5 Å². The zero-order valence-electron chi connectivity index (χ0n) is 10.7. The van der Waals surface area contributed by atoms with Crippen LogP contribution in [0.4, 0.5) is 0 Å². The summed E-state index contributed by atoms with van der Waals surface area (Å²) in [5.74, 6) is -0.939. The van der Waals surface area contributed by atoms with Gasteiger partial charge in [0.1, 0.15) is 0 Å². The number of amides is 1. The fourth-order valence-corrected chi connectivity index (χ4v) is 1.82. The molecule has 6 heteroatoms. The molecule has 0 aromatic rings. The molecule has 0 aliphatic rings. The maximum Gasteiger partial charge on any atom is 0.307 e. The van der Waals surface area contributed by atoms with Crippen molar-refractivity contribution in [2.75, 3.05) is 20.7 Å². The molecule has 0 fully saturated rings. The van der Waals surface area contributed by atoms with E-state index in [9.17, 15) is 9.59 Å². The molecule has 1 atom stereocenters. The highest BCUT2D eigenvalue weighted by Gasteiger charge is 2.27. The Morgan fingerprint density at radius 3 is 2.29 bits per heavy atom. The summed E-state index contributed by atoms with van der Waals surface area (Å²) in [4.78, 5) is 24.6. The van der Waals surface area contributed by atoms with Crippen molar-refractivity contribution in [1.29, 1.82) is 0 Å².